The molecule has 1 aromatic rings. The fourth-order valence-corrected chi connectivity index (χ4v) is 2.52. The van der Waals surface area contributed by atoms with Gasteiger partial charge in [-0.3, -0.25) is 4.31 Å². The van der Waals surface area contributed by atoms with E-state index in [0.29, 0.717) is 11.3 Å². The number of hydrogen-bond donors (Lipinski definition) is 1. The number of nitrogens with zero attached hydrogens (tertiary/aromatic N) is 2. The van der Waals surface area contributed by atoms with E-state index in [2.05, 4.69) is 4.72 Å². The normalized spacial score (nSPS) is 11.2. The zero-order valence-electron chi connectivity index (χ0n) is 10.0. The van der Waals surface area contributed by atoms with Crippen LogP contribution < -0.4 is 9.03 Å². The lowest BCUT2D eigenvalue weighted by Crippen LogP contribution is -2.41. The molecule has 0 aliphatic heterocycles. The molecular weight excluding hydrogens is 238 g/mol. The Morgan fingerprint density at radius 3 is 2.47 bits per heavy atom. The first-order valence-corrected chi connectivity index (χ1v) is 6.58. The summed E-state index contributed by atoms with van der Waals surface area (Å²) in [6.45, 7) is 3.48. The first-order valence-electron chi connectivity index (χ1n) is 5.14. The van der Waals surface area contributed by atoms with Crippen LogP contribution in [0.4, 0.5) is 5.69 Å². The fraction of sp³-hybridized carbons (Fsp3) is 0.364. The van der Waals surface area contributed by atoms with Crippen molar-refractivity contribution < 1.29 is 8.42 Å². The van der Waals surface area contributed by atoms with Crippen molar-refractivity contribution in [1.29, 1.82) is 5.26 Å². The van der Waals surface area contributed by atoms with Gasteiger partial charge in [0.05, 0.1) is 11.3 Å². The van der Waals surface area contributed by atoms with Crippen molar-refractivity contribution in [3.8, 4) is 6.07 Å². The second kappa shape index (κ2) is 5.17. The lowest BCUT2D eigenvalue weighted by molar-refractivity contribution is 0.568. The van der Waals surface area contributed by atoms with Gasteiger partial charge >= 0.3 is 10.2 Å². The van der Waals surface area contributed by atoms with Crippen molar-refractivity contribution in [2.75, 3.05) is 11.4 Å². The summed E-state index contributed by atoms with van der Waals surface area (Å²) < 4.78 is 27.4. The third kappa shape index (κ3) is 3.19. The topological polar surface area (TPSA) is 73.2 Å². The van der Waals surface area contributed by atoms with Crippen LogP contribution in [-0.2, 0) is 10.2 Å². The summed E-state index contributed by atoms with van der Waals surface area (Å²) in [5.74, 6) is 0. The van der Waals surface area contributed by atoms with Gasteiger partial charge in [-0.05, 0) is 26.0 Å². The molecule has 0 radical (unpaired) electrons. The largest absolute Gasteiger partial charge is 0.301 e. The highest BCUT2D eigenvalue weighted by molar-refractivity contribution is 7.90. The van der Waals surface area contributed by atoms with E-state index in [-0.39, 0.29) is 6.04 Å². The van der Waals surface area contributed by atoms with E-state index in [0.717, 1.165) is 4.31 Å². The summed E-state index contributed by atoms with van der Waals surface area (Å²) in [4.78, 5) is 0. The molecule has 0 spiro atoms. The molecule has 1 N–H and O–H groups in total. The lowest BCUT2D eigenvalue weighted by atomic mass is 10.2. The van der Waals surface area contributed by atoms with Crippen LogP contribution in [-0.4, -0.2) is 21.5 Å². The highest BCUT2D eigenvalue weighted by Crippen LogP contribution is 2.20. The van der Waals surface area contributed by atoms with Crippen LogP contribution in [0.1, 0.15) is 19.4 Å². The number of benzene rings is 1. The number of hydrogen-bond acceptors (Lipinski definition) is 3. The fourth-order valence-electron chi connectivity index (χ4n) is 1.35. The molecule has 17 heavy (non-hydrogen) atoms. The molecule has 5 nitrogen and oxygen atoms in total. The summed E-state index contributed by atoms with van der Waals surface area (Å²) in [6, 6.07) is 8.33. The minimum absolute atomic E-state index is 0.198. The van der Waals surface area contributed by atoms with Gasteiger partial charge in [0, 0.05) is 13.1 Å². The molecule has 0 heterocycles. The minimum atomic E-state index is -3.61. The molecule has 6 heteroatoms. The van der Waals surface area contributed by atoms with Gasteiger partial charge in [0.25, 0.3) is 0 Å². The predicted octanol–water partition coefficient (Wildman–Crippen LogP) is 1.24. The number of nitrogens with one attached hydrogen (secondary N) is 1. The smallest absolute Gasteiger partial charge is 0.260 e. The van der Waals surface area contributed by atoms with Crippen molar-refractivity contribution in [2.45, 2.75) is 19.9 Å². The maximum Gasteiger partial charge on any atom is 0.301 e. The summed E-state index contributed by atoms with van der Waals surface area (Å²) in [6.07, 6.45) is 0. The van der Waals surface area contributed by atoms with Crippen molar-refractivity contribution in [1.82, 2.24) is 4.72 Å². The van der Waals surface area contributed by atoms with Crippen LogP contribution in [0.15, 0.2) is 24.3 Å². The second-order valence-corrected chi connectivity index (χ2v) is 5.61. The second-order valence-electron chi connectivity index (χ2n) is 3.87. The van der Waals surface area contributed by atoms with E-state index < -0.39 is 10.2 Å². The summed E-state index contributed by atoms with van der Waals surface area (Å²) in [7, 11) is -2.20. The van der Waals surface area contributed by atoms with Crippen LogP contribution in [0.25, 0.3) is 0 Å². The van der Waals surface area contributed by atoms with Gasteiger partial charge in [0.15, 0.2) is 0 Å². The van der Waals surface area contributed by atoms with Gasteiger partial charge in [0.1, 0.15) is 6.07 Å². The molecule has 0 saturated heterocycles. The van der Waals surface area contributed by atoms with E-state index in [1.165, 1.54) is 7.05 Å². The third-order valence-corrected chi connectivity index (χ3v) is 3.80. The Bertz CT molecular complexity index is 532. The molecule has 1 aromatic carbocycles. The standard InChI is InChI=1S/C11H15N3O2S/c1-9(2)13-17(15,16)14(3)11-7-5-4-6-10(11)8-12/h4-7,9,13H,1-3H3. The Balaban J connectivity index is 3.13. The minimum Gasteiger partial charge on any atom is -0.260 e. The van der Waals surface area contributed by atoms with Crippen LogP contribution in [0.5, 0.6) is 0 Å². The average molecular weight is 253 g/mol. The monoisotopic (exact) mass is 253 g/mol. The lowest BCUT2D eigenvalue weighted by Gasteiger charge is -2.22. The number of para-hydroxylation sites is 1. The zero-order chi connectivity index (χ0) is 13.1. The van der Waals surface area contributed by atoms with Crippen molar-refractivity contribution in [3.05, 3.63) is 29.8 Å². The van der Waals surface area contributed by atoms with Crippen LogP contribution in [0.3, 0.4) is 0 Å². The zero-order valence-corrected chi connectivity index (χ0v) is 10.8. The summed E-state index contributed by atoms with van der Waals surface area (Å²) in [5.41, 5.74) is 0.687. The van der Waals surface area contributed by atoms with E-state index in [1.54, 1.807) is 38.1 Å². The highest BCUT2D eigenvalue weighted by atomic mass is 32.2. The van der Waals surface area contributed by atoms with Gasteiger partial charge in [0.2, 0.25) is 0 Å². The Morgan fingerprint density at radius 1 is 1.35 bits per heavy atom. The van der Waals surface area contributed by atoms with Gasteiger partial charge in [-0.1, -0.05) is 12.1 Å². The Hall–Kier alpha value is -1.58. The van der Waals surface area contributed by atoms with Gasteiger partial charge < -0.3 is 0 Å². The van der Waals surface area contributed by atoms with Crippen molar-refractivity contribution >= 4 is 15.9 Å². The Kier molecular flexibility index (Phi) is 4.10. The van der Waals surface area contributed by atoms with Gasteiger partial charge in [-0.15, -0.1) is 0 Å². The Labute approximate surface area is 102 Å². The van der Waals surface area contributed by atoms with Gasteiger partial charge in [-0.2, -0.15) is 18.4 Å². The first kappa shape index (κ1) is 13.5. The molecule has 1 rings (SSSR count). The quantitative estimate of drug-likeness (QED) is 0.877. The highest BCUT2D eigenvalue weighted by Gasteiger charge is 2.20. The van der Waals surface area contributed by atoms with E-state index in [4.69, 9.17) is 5.26 Å². The summed E-state index contributed by atoms with van der Waals surface area (Å²) >= 11 is 0. The van der Waals surface area contributed by atoms with Crippen molar-refractivity contribution in [2.24, 2.45) is 0 Å². The summed E-state index contributed by atoms with van der Waals surface area (Å²) in [5, 5.41) is 8.92. The molecule has 0 saturated carbocycles. The molecule has 0 aliphatic rings. The predicted molar refractivity (Wildman–Crippen MR) is 66.8 cm³/mol. The maximum atomic E-state index is 11.9. The van der Waals surface area contributed by atoms with E-state index in [1.807, 2.05) is 6.07 Å². The van der Waals surface area contributed by atoms with E-state index >= 15 is 0 Å². The van der Waals surface area contributed by atoms with Crippen LogP contribution in [0, 0.1) is 11.3 Å². The molecular formula is C11H15N3O2S. The SMILES string of the molecule is CC(C)NS(=O)(=O)N(C)c1ccccc1C#N. The first-order chi connectivity index (χ1) is 7.88. The molecule has 0 amide bonds. The molecule has 0 unspecified atom stereocenters. The molecule has 0 fully saturated rings. The molecule has 0 atom stereocenters. The molecule has 92 valence electrons. The molecule has 0 aliphatic carbocycles. The Morgan fingerprint density at radius 2 is 1.94 bits per heavy atom. The van der Waals surface area contributed by atoms with Crippen LogP contribution in [0.2, 0.25) is 0 Å². The van der Waals surface area contributed by atoms with Gasteiger partial charge in [-0.25, -0.2) is 0 Å². The maximum absolute atomic E-state index is 11.9. The van der Waals surface area contributed by atoms with E-state index in [9.17, 15) is 8.42 Å². The molecule has 0 bridgehead atoms. The van der Waals surface area contributed by atoms with Crippen LogP contribution >= 0.6 is 0 Å². The number of anilines is 1. The number of nitriles is 1. The average Bonchev–Trinajstić information content (AvgIpc) is 2.26. The number of rotatable bonds is 4. The van der Waals surface area contributed by atoms with Crippen molar-refractivity contribution in [3.63, 3.8) is 0 Å². The molecule has 0 aromatic heterocycles. The third-order valence-electron chi connectivity index (χ3n) is 2.11.